The molecule has 4 nitrogen and oxygen atoms in total. The monoisotopic (exact) mass is 335 g/mol. The van der Waals surface area contributed by atoms with E-state index in [-0.39, 0.29) is 18.3 Å². The van der Waals surface area contributed by atoms with E-state index in [1.54, 1.807) is 19.2 Å². The lowest BCUT2D eigenvalue weighted by molar-refractivity contribution is -0.132. The Kier molecular flexibility index (Phi) is 6.12. The number of alkyl halides is 2. The van der Waals surface area contributed by atoms with Gasteiger partial charge in [0.05, 0.1) is 0 Å². The Bertz CT molecular complexity index is 657. The fourth-order valence-electron chi connectivity index (χ4n) is 2.03. The number of rotatable bonds is 7. The van der Waals surface area contributed by atoms with Crippen molar-refractivity contribution in [2.75, 3.05) is 13.7 Å². The van der Waals surface area contributed by atoms with E-state index in [2.05, 4.69) is 4.74 Å². The summed E-state index contributed by atoms with van der Waals surface area (Å²) < 4.78 is 33.9. The van der Waals surface area contributed by atoms with Crippen molar-refractivity contribution in [1.29, 1.82) is 0 Å². The minimum absolute atomic E-state index is 0.0634. The Balaban J connectivity index is 1.83. The Labute approximate surface area is 139 Å². The third kappa shape index (κ3) is 5.53. The predicted octanol–water partition coefficient (Wildman–Crippen LogP) is 3.63. The molecular weight excluding hydrogens is 316 g/mol. The van der Waals surface area contributed by atoms with Crippen LogP contribution >= 0.6 is 0 Å². The predicted molar refractivity (Wildman–Crippen MR) is 86.2 cm³/mol. The third-order valence-corrected chi connectivity index (χ3v) is 3.38. The number of likely N-dealkylation sites (N-methyl/N-ethyl adjacent to an activating group) is 1. The highest BCUT2D eigenvalue weighted by molar-refractivity contribution is 5.77. The molecule has 0 saturated heterocycles. The lowest BCUT2D eigenvalue weighted by atomic mass is 10.2. The molecule has 2 aromatic carbocycles. The van der Waals surface area contributed by atoms with Crippen molar-refractivity contribution in [2.45, 2.75) is 20.1 Å². The summed E-state index contributed by atoms with van der Waals surface area (Å²) in [6.45, 7) is -0.587. The molecule has 0 N–H and O–H groups in total. The van der Waals surface area contributed by atoms with Gasteiger partial charge in [-0.3, -0.25) is 4.79 Å². The average molecular weight is 335 g/mol. The minimum Gasteiger partial charge on any atom is -0.484 e. The molecule has 0 bridgehead atoms. The van der Waals surface area contributed by atoms with Gasteiger partial charge in [-0.05, 0) is 36.8 Å². The van der Waals surface area contributed by atoms with Crippen LogP contribution in [0.2, 0.25) is 0 Å². The van der Waals surface area contributed by atoms with Gasteiger partial charge in [0.15, 0.2) is 6.61 Å². The molecule has 1 amide bonds. The van der Waals surface area contributed by atoms with Crippen LogP contribution in [0.4, 0.5) is 8.78 Å². The molecule has 2 rings (SSSR count). The highest BCUT2D eigenvalue weighted by Gasteiger charge is 2.11. The highest BCUT2D eigenvalue weighted by Crippen LogP contribution is 2.16. The normalized spacial score (nSPS) is 10.5. The van der Waals surface area contributed by atoms with Crippen LogP contribution in [-0.4, -0.2) is 31.1 Å². The van der Waals surface area contributed by atoms with Gasteiger partial charge in [-0.1, -0.05) is 29.8 Å². The quantitative estimate of drug-likeness (QED) is 0.775. The largest absolute Gasteiger partial charge is 0.484 e. The molecule has 24 heavy (non-hydrogen) atoms. The van der Waals surface area contributed by atoms with Gasteiger partial charge < -0.3 is 14.4 Å². The third-order valence-electron chi connectivity index (χ3n) is 3.38. The average Bonchev–Trinajstić information content (AvgIpc) is 2.55. The van der Waals surface area contributed by atoms with Gasteiger partial charge in [-0.15, -0.1) is 0 Å². The summed E-state index contributed by atoms with van der Waals surface area (Å²) in [7, 11) is 1.66. The second-order valence-electron chi connectivity index (χ2n) is 5.37. The van der Waals surface area contributed by atoms with Gasteiger partial charge in [-0.2, -0.15) is 8.78 Å². The zero-order chi connectivity index (χ0) is 17.5. The first-order valence-electron chi connectivity index (χ1n) is 7.41. The van der Waals surface area contributed by atoms with E-state index < -0.39 is 6.61 Å². The molecule has 0 spiro atoms. The van der Waals surface area contributed by atoms with Crippen LogP contribution in [0.25, 0.3) is 0 Å². The number of carbonyl (C=O) groups excluding carboxylic acids is 1. The summed E-state index contributed by atoms with van der Waals surface area (Å²) in [5.41, 5.74) is 1.92. The highest BCUT2D eigenvalue weighted by atomic mass is 19.3. The molecule has 0 saturated carbocycles. The summed E-state index contributed by atoms with van der Waals surface area (Å²) in [5.74, 6) is 0.546. The number of ether oxygens (including phenoxy) is 2. The van der Waals surface area contributed by atoms with E-state index in [1.165, 1.54) is 17.0 Å². The van der Waals surface area contributed by atoms with Crippen molar-refractivity contribution in [2.24, 2.45) is 0 Å². The van der Waals surface area contributed by atoms with Crippen LogP contribution in [0.5, 0.6) is 11.5 Å². The SMILES string of the molecule is Cc1ccc(OCC(=O)N(C)Cc2ccc(OC(F)F)cc2)cc1. The fraction of sp³-hybridized carbons (Fsp3) is 0.278. The van der Waals surface area contributed by atoms with E-state index in [9.17, 15) is 13.6 Å². The summed E-state index contributed by atoms with van der Waals surface area (Å²) >= 11 is 0. The molecule has 0 aromatic heterocycles. The van der Waals surface area contributed by atoms with Crippen molar-refractivity contribution in [1.82, 2.24) is 4.90 Å². The fourth-order valence-corrected chi connectivity index (χ4v) is 2.03. The van der Waals surface area contributed by atoms with Crippen molar-refractivity contribution in [3.05, 3.63) is 59.7 Å². The molecule has 0 heterocycles. The Morgan fingerprint density at radius 2 is 1.62 bits per heavy atom. The summed E-state index contributed by atoms with van der Waals surface area (Å²) in [4.78, 5) is 13.6. The molecule has 0 unspecified atom stereocenters. The van der Waals surface area contributed by atoms with Gasteiger partial charge in [0.2, 0.25) is 0 Å². The molecule has 0 atom stereocenters. The number of hydrogen-bond donors (Lipinski definition) is 0. The number of aryl methyl sites for hydroxylation is 1. The van der Waals surface area contributed by atoms with Gasteiger partial charge in [0.25, 0.3) is 5.91 Å². The van der Waals surface area contributed by atoms with Crippen LogP contribution in [0.1, 0.15) is 11.1 Å². The number of nitrogens with zero attached hydrogens (tertiary/aromatic N) is 1. The van der Waals surface area contributed by atoms with Crippen molar-refractivity contribution >= 4 is 5.91 Å². The summed E-state index contributed by atoms with van der Waals surface area (Å²) in [6.07, 6.45) is 0. The van der Waals surface area contributed by atoms with E-state index >= 15 is 0 Å². The van der Waals surface area contributed by atoms with Gasteiger partial charge in [0.1, 0.15) is 11.5 Å². The van der Waals surface area contributed by atoms with Gasteiger partial charge >= 0.3 is 6.61 Å². The van der Waals surface area contributed by atoms with Crippen LogP contribution in [0, 0.1) is 6.92 Å². The lowest BCUT2D eigenvalue weighted by Gasteiger charge is -2.18. The van der Waals surface area contributed by atoms with Gasteiger partial charge in [-0.25, -0.2) is 0 Å². The summed E-state index contributed by atoms with van der Waals surface area (Å²) in [5, 5.41) is 0. The molecule has 0 fully saturated rings. The molecule has 0 radical (unpaired) electrons. The molecule has 6 heteroatoms. The lowest BCUT2D eigenvalue weighted by Crippen LogP contribution is -2.30. The molecule has 0 aliphatic rings. The van der Waals surface area contributed by atoms with E-state index in [1.807, 2.05) is 31.2 Å². The number of carbonyl (C=O) groups is 1. The first-order valence-corrected chi connectivity index (χ1v) is 7.41. The Morgan fingerprint density at radius 1 is 1.04 bits per heavy atom. The van der Waals surface area contributed by atoms with Crippen molar-refractivity contribution in [3.63, 3.8) is 0 Å². The maximum atomic E-state index is 12.1. The zero-order valence-corrected chi connectivity index (χ0v) is 13.5. The Morgan fingerprint density at radius 3 is 2.21 bits per heavy atom. The topological polar surface area (TPSA) is 38.8 Å². The van der Waals surface area contributed by atoms with Crippen molar-refractivity contribution in [3.8, 4) is 11.5 Å². The number of amides is 1. The smallest absolute Gasteiger partial charge is 0.387 e. The van der Waals surface area contributed by atoms with Crippen LogP contribution in [0.3, 0.4) is 0 Å². The molecule has 2 aromatic rings. The Hall–Kier alpha value is -2.63. The first kappa shape index (κ1) is 17.7. The van der Waals surface area contributed by atoms with Crippen LogP contribution in [0.15, 0.2) is 48.5 Å². The minimum atomic E-state index is -2.85. The maximum absolute atomic E-state index is 12.1. The molecule has 0 aliphatic carbocycles. The number of benzene rings is 2. The number of hydrogen-bond acceptors (Lipinski definition) is 3. The second kappa shape index (κ2) is 8.29. The van der Waals surface area contributed by atoms with Crippen molar-refractivity contribution < 1.29 is 23.0 Å². The maximum Gasteiger partial charge on any atom is 0.387 e. The number of halogens is 2. The molecular formula is C18H19F2NO3. The molecule has 128 valence electrons. The molecule has 0 aliphatic heterocycles. The van der Waals surface area contributed by atoms with Gasteiger partial charge in [0, 0.05) is 13.6 Å². The van der Waals surface area contributed by atoms with Crippen LogP contribution < -0.4 is 9.47 Å². The summed E-state index contributed by atoms with van der Waals surface area (Å²) in [6, 6.07) is 13.6. The van der Waals surface area contributed by atoms with Crippen LogP contribution in [-0.2, 0) is 11.3 Å². The standard InChI is InChI=1S/C18H19F2NO3/c1-13-3-7-15(8-4-13)23-12-17(22)21(2)11-14-5-9-16(10-6-14)24-18(19)20/h3-10,18H,11-12H2,1-2H3. The zero-order valence-electron chi connectivity index (χ0n) is 13.5. The van der Waals surface area contributed by atoms with E-state index in [0.29, 0.717) is 12.3 Å². The second-order valence-corrected chi connectivity index (χ2v) is 5.37. The first-order chi connectivity index (χ1) is 11.4. The van der Waals surface area contributed by atoms with E-state index in [4.69, 9.17) is 4.74 Å². The van der Waals surface area contributed by atoms with E-state index in [0.717, 1.165) is 11.1 Å².